The van der Waals surface area contributed by atoms with Gasteiger partial charge in [-0.15, -0.1) is 0 Å². The molecule has 0 bridgehead atoms. The second-order valence-corrected chi connectivity index (χ2v) is 4.48. The van der Waals surface area contributed by atoms with E-state index in [1.807, 2.05) is 18.2 Å². The average molecular weight is 300 g/mol. The summed E-state index contributed by atoms with van der Waals surface area (Å²) < 4.78 is 5.18. The van der Waals surface area contributed by atoms with Crippen LogP contribution >= 0.6 is 0 Å². The van der Waals surface area contributed by atoms with E-state index >= 15 is 0 Å². The highest BCUT2D eigenvalue weighted by atomic mass is 16.5. The summed E-state index contributed by atoms with van der Waals surface area (Å²) in [6, 6.07) is 13.3. The van der Waals surface area contributed by atoms with Crippen molar-refractivity contribution >= 4 is 23.3 Å². The molecule has 22 heavy (non-hydrogen) atoms. The topological polar surface area (TPSA) is 87.7 Å². The van der Waals surface area contributed by atoms with Gasteiger partial charge in [0.05, 0.1) is 24.9 Å². The lowest BCUT2D eigenvalue weighted by Gasteiger charge is -2.11. The molecule has 0 atom stereocenters. The van der Waals surface area contributed by atoms with Crippen LogP contribution in [0.4, 0.5) is 11.4 Å². The number of aromatic carboxylic acids is 1. The lowest BCUT2D eigenvalue weighted by atomic mass is 10.2. The lowest BCUT2D eigenvalue weighted by Crippen LogP contribution is -2.22. The Bertz CT molecular complexity index is 668. The number of carbonyl (C=O) groups is 2. The average Bonchev–Trinajstić information content (AvgIpc) is 2.53. The van der Waals surface area contributed by atoms with E-state index < -0.39 is 5.97 Å². The Morgan fingerprint density at radius 2 is 1.77 bits per heavy atom. The summed E-state index contributed by atoms with van der Waals surface area (Å²) in [6.45, 7) is 0.0705. The van der Waals surface area contributed by atoms with Gasteiger partial charge in [-0.05, 0) is 36.4 Å². The number of rotatable bonds is 6. The van der Waals surface area contributed by atoms with Crippen LogP contribution in [0, 0.1) is 0 Å². The van der Waals surface area contributed by atoms with Gasteiger partial charge in [0.15, 0.2) is 0 Å². The summed E-state index contributed by atoms with van der Waals surface area (Å²) in [6.07, 6.45) is 0. The molecule has 0 aromatic heterocycles. The maximum atomic E-state index is 11.9. The van der Waals surface area contributed by atoms with E-state index in [4.69, 9.17) is 9.84 Å². The standard InChI is InChI=1S/C16H16N2O4/c1-22-14-5-3-2-4-13(14)17-10-15(19)18-12-8-6-11(7-9-12)16(20)21/h2-9,17H,10H2,1H3,(H,18,19)(H,20,21). The van der Waals surface area contributed by atoms with E-state index in [1.165, 1.54) is 12.1 Å². The Morgan fingerprint density at radius 3 is 2.41 bits per heavy atom. The Morgan fingerprint density at radius 1 is 1.09 bits per heavy atom. The van der Waals surface area contributed by atoms with Crippen molar-refractivity contribution in [1.82, 2.24) is 0 Å². The molecule has 0 fully saturated rings. The van der Waals surface area contributed by atoms with E-state index in [9.17, 15) is 9.59 Å². The predicted octanol–water partition coefficient (Wildman–Crippen LogP) is 2.44. The number of anilines is 2. The zero-order valence-corrected chi connectivity index (χ0v) is 12.0. The first-order chi connectivity index (χ1) is 10.6. The summed E-state index contributed by atoms with van der Waals surface area (Å²) in [5, 5.41) is 14.5. The van der Waals surface area contributed by atoms with E-state index in [0.717, 1.165) is 5.69 Å². The van der Waals surface area contributed by atoms with Gasteiger partial charge in [-0.1, -0.05) is 12.1 Å². The monoisotopic (exact) mass is 300 g/mol. The number of nitrogens with one attached hydrogen (secondary N) is 2. The molecule has 2 aromatic carbocycles. The van der Waals surface area contributed by atoms with Gasteiger partial charge in [-0.25, -0.2) is 4.79 Å². The molecule has 0 heterocycles. The first-order valence-electron chi connectivity index (χ1n) is 6.60. The number of carboxylic acids is 1. The molecule has 0 saturated heterocycles. The van der Waals surface area contributed by atoms with Crippen molar-refractivity contribution in [1.29, 1.82) is 0 Å². The van der Waals surface area contributed by atoms with E-state index in [0.29, 0.717) is 11.4 Å². The molecule has 0 aliphatic heterocycles. The number of methoxy groups -OCH3 is 1. The minimum atomic E-state index is -1.00. The minimum Gasteiger partial charge on any atom is -0.495 e. The normalized spacial score (nSPS) is 9.86. The van der Waals surface area contributed by atoms with Gasteiger partial charge in [0.1, 0.15) is 5.75 Å². The molecule has 0 spiro atoms. The summed E-state index contributed by atoms with van der Waals surface area (Å²) in [5.74, 6) is -0.592. The highest BCUT2D eigenvalue weighted by molar-refractivity contribution is 5.94. The van der Waals surface area contributed by atoms with Crippen LogP contribution in [0.15, 0.2) is 48.5 Å². The zero-order chi connectivity index (χ0) is 15.9. The Labute approximate surface area is 127 Å². The third kappa shape index (κ3) is 3.99. The Balaban J connectivity index is 1.91. The lowest BCUT2D eigenvalue weighted by molar-refractivity contribution is -0.114. The highest BCUT2D eigenvalue weighted by Crippen LogP contribution is 2.22. The second-order valence-electron chi connectivity index (χ2n) is 4.48. The molecular formula is C16H16N2O4. The SMILES string of the molecule is COc1ccccc1NCC(=O)Nc1ccc(C(=O)O)cc1. The molecule has 6 nitrogen and oxygen atoms in total. The van der Waals surface area contributed by atoms with Gasteiger partial charge < -0.3 is 20.5 Å². The van der Waals surface area contributed by atoms with Crippen LogP contribution in [0.5, 0.6) is 5.75 Å². The van der Waals surface area contributed by atoms with Crippen molar-refractivity contribution in [2.45, 2.75) is 0 Å². The van der Waals surface area contributed by atoms with Crippen molar-refractivity contribution in [3.63, 3.8) is 0 Å². The fraction of sp³-hybridized carbons (Fsp3) is 0.125. The highest BCUT2D eigenvalue weighted by Gasteiger charge is 2.06. The molecular weight excluding hydrogens is 284 g/mol. The van der Waals surface area contributed by atoms with E-state index in [2.05, 4.69) is 10.6 Å². The van der Waals surface area contributed by atoms with Gasteiger partial charge in [0.25, 0.3) is 0 Å². The molecule has 6 heteroatoms. The summed E-state index contributed by atoms with van der Waals surface area (Å²) in [5.41, 5.74) is 1.43. The number of benzene rings is 2. The quantitative estimate of drug-likeness (QED) is 0.762. The molecule has 0 saturated carbocycles. The van der Waals surface area contributed by atoms with Crippen LogP contribution in [0.2, 0.25) is 0 Å². The summed E-state index contributed by atoms with van der Waals surface area (Å²) in [4.78, 5) is 22.6. The largest absolute Gasteiger partial charge is 0.495 e. The van der Waals surface area contributed by atoms with E-state index in [-0.39, 0.29) is 18.0 Å². The Kier molecular flexibility index (Phi) is 4.98. The van der Waals surface area contributed by atoms with Crippen LogP contribution in [-0.2, 0) is 4.79 Å². The van der Waals surface area contributed by atoms with Gasteiger partial charge >= 0.3 is 5.97 Å². The van der Waals surface area contributed by atoms with Crippen molar-refractivity contribution < 1.29 is 19.4 Å². The molecule has 0 radical (unpaired) electrons. The number of ether oxygens (including phenoxy) is 1. The maximum absolute atomic E-state index is 11.9. The number of carbonyl (C=O) groups excluding carboxylic acids is 1. The molecule has 0 aliphatic rings. The zero-order valence-electron chi connectivity index (χ0n) is 12.0. The van der Waals surface area contributed by atoms with Gasteiger partial charge in [-0.3, -0.25) is 4.79 Å². The molecule has 2 aromatic rings. The molecule has 114 valence electrons. The van der Waals surface area contributed by atoms with Gasteiger partial charge in [0, 0.05) is 5.69 Å². The van der Waals surface area contributed by atoms with Crippen LogP contribution in [-0.4, -0.2) is 30.6 Å². The van der Waals surface area contributed by atoms with Crippen molar-refractivity contribution in [2.75, 3.05) is 24.3 Å². The second kappa shape index (κ2) is 7.12. The van der Waals surface area contributed by atoms with E-state index in [1.54, 1.807) is 25.3 Å². The minimum absolute atomic E-state index is 0.0705. The molecule has 1 amide bonds. The number of para-hydroxylation sites is 2. The van der Waals surface area contributed by atoms with Crippen LogP contribution in [0.25, 0.3) is 0 Å². The maximum Gasteiger partial charge on any atom is 0.335 e. The summed E-state index contributed by atoms with van der Waals surface area (Å²) >= 11 is 0. The molecule has 3 N–H and O–H groups in total. The van der Waals surface area contributed by atoms with Crippen LogP contribution in [0.3, 0.4) is 0 Å². The van der Waals surface area contributed by atoms with Crippen LogP contribution < -0.4 is 15.4 Å². The molecule has 0 aliphatic carbocycles. The van der Waals surface area contributed by atoms with Crippen LogP contribution in [0.1, 0.15) is 10.4 Å². The first kappa shape index (κ1) is 15.4. The van der Waals surface area contributed by atoms with Crippen molar-refractivity contribution in [3.05, 3.63) is 54.1 Å². The van der Waals surface area contributed by atoms with Crippen molar-refractivity contribution in [3.8, 4) is 5.75 Å². The van der Waals surface area contributed by atoms with Gasteiger partial charge in [-0.2, -0.15) is 0 Å². The summed E-state index contributed by atoms with van der Waals surface area (Å²) in [7, 11) is 1.56. The third-order valence-electron chi connectivity index (χ3n) is 2.96. The number of hydrogen-bond donors (Lipinski definition) is 3. The smallest absolute Gasteiger partial charge is 0.335 e. The first-order valence-corrected chi connectivity index (χ1v) is 6.60. The number of hydrogen-bond acceptors (Lipinski definition) is 4. The van der Waals surface area contributed by atoms with Gasteiger partial charge in [0.2, 0.25) is 5.91 Å². The fourth-order valence-corrected chi connectivity index (χ4v) is 1.87. The molecule has 0 unspecified atom stereocenters. The Hall–Kier alpha value is -3.02. The third-order valence-corrected chi connectivity index (χ3v) is 2.96. The predicted molar refractivity (Wildman–Crippen MR) is 83.5 cm³/mol. The number of carboxylic acid groups (broad SMARTS) is 1. The fourth-order valence-electron chi connectivity index (χ4n) is 1.87. The van der Waals surface area contributed by atoms with Crippen molar-refractivity contribution in [2.24, 2.45) is 0 Å². The number of amides is 1. The molecule has 2 rings (SSSR count).